The minimum atomic E-state index is 1.16. The molecule has 0 radical (unpaired) electrons. The second kappa shape index (κ2) is 17.5. The van der Waals surface area contributed by atoms with Crippen molar-refractivity contribution in [2.24, 2.45) is 0 Å². The van der Waals surface area contributed by atoms with Crippen LogP contribution in [0.2, 0.25) is 0 Å². The van der Waals surface area contributed by atoms with E-state index in [1.54, 1.807) is 0 Å². The molecule has 0 N–H and O–H groups in total. The van der Waals surface area contributed by atoms with E-state index in [9.17, 15) is 0 Å². The van der Waals surface area contributed by atoms with Crippen LogP contribution in [-0.4, -0.2) is 9.13 Å². The van der Waals surface area contributed by atoms with Crippen molar-refractivity contribution in [2.75, 3.05) is 0 Å². The molecule has 2 aliphatic rings. The first-order valence-electron chi connectivity index (χ1n) is 28.1. The van der Waals surface area contributed by atoms with Gasteiger partial charge in [-0.05, 0) is 201 Å². The van der Waals surface area contributed by atoms with Gasteiger partial charge in [-0.25, -0.2) is 0 Å². The Morgan fingerprint density at radius 3 is 1.60 bits per heavy atom. The molecule has 0 bridgehead atoms. The minimum absolute atomic E-state index is 1.16. The van der Waals surface area contributed by atoms with E-state index >= 15 is 0 Å². The summed E-state index contributed by atoms with van der Waals surface area (Å²) in [5, 5.41) is 15.1. The van der Waals surface area contributed by atoms with Gasteiger partial charge in [0.15, 0.2) is 0 Å². The van der Waals surface area contributed by atoms with Gasteiger partial charge in [0, 0.05) is 38.3 Å². The molecular formula is C79H50N2. The average molecular weight is 1030 g/mol. The van der Waals surface area contributed by atoms with Crippen molar-refractivity contribution in [1.29, 1.82) is 0 Å². The molecule has 2 aromatic heterocycles. The summed E-state index contributed by atoms with van der Waals surface area (Å²) in [7, 11) is 0. The first kappa shape index (κ1) is 45.5. The normalized spacial score (nSPS) is 12.3. The molecule has 0 spiro atoms. The van der Waals surface area contributed by atoms with Crippen LogP contribution < -0.4 is 0 Å². The largest absolute Gasteiger partial charge is 0.309 e. The lowest BCUT2D eigenvalue weighted by Gasteiger charge is -2.13. The maximum atomic E-state index is 4.20. The Bertz CT molecular complexity index is 5380. The van der Waals surface area contributed by atoms with E-state index in [-0.39, 0.29) is 0 Å². The minimum Gasteiger partial charge on any atom is -0.309 e. The van der Waals surface area contributed by atoms with Gasteiger partial charge in [-0.15, -0.1) is 0 Å². The third-order valence-corrected chi connectivity index (χ3v) is 17.6. The second-order valence-corrected chi connectivity index (χ2v) is 22.1. The molecule has 0 unspecified atom stereocenters. The van der Waals surface area contributed by atoms with E-state index in [4.69, 9.17) is 0 Å². The van der Waals surface area contributed by atoms with Crippen LogP contribution in [0, 0.1) is 6.92 Å². The van der Waals surface area contributed by atoms with Crippen LogP contribution in [-0.2, 0) is 0 Å². The highest BCUT2D eigenvalue weighted by Gasteiger charge is 2.24. The molecule has 81 heavy (non-hydrogen) atoms. The Labute approximate surface area is 469 Å². The van der Waals surface area contributed by atoms with Crippen molar-refractivity contribution >= 4 is 92.3 Å². The fourth-order valence-electron chi connectivity index (χ4n) is 13.9. The van der Waals surface area contributed by atoms with Crippen molar-refractivity contribution in [1.82, 2.24) is 9.13 Å². The number of benzene rings is 14. The van der Waals surface area contributed by atoms with Crippen molar-refractivity contribution in [3.05, 3.63) is 296 Å². The Hall–Kier alpha value is -10.5. The third kappa shape index (κ3) is 6.87. The maximum absolute atomic E-state index is 4.20. The zero-order chi connectivity index (χ0) is 53.4. The summed E-state index contributed by atoms with van der Waals surface area (Å²) in [5.41, 5.74) is 25.1. The van der Waals surface area contributed by atoms with Gasteiger partial charge in [-0.3, -0.25) is 0 Å². The van der Waals surface area contributed by atoms with Gasteiger partial charge < -0.3 is 9.13 Å². The lowest BCUT2D eigenvalue weighted by atomic mass is 9.95. The van der Waals surface area contributed by atoms with Crippen LogP contribution in [0.25, 0.3) is 159 Å². The lowest BCUT2D eigenvalue weighted by Crippen LogP contribution is -1.95. The highest BCUT2D eigenvalue weighted by Crippen LogP contribution is 2.50. The van der Waals surface area contributed by atoms with Gasteiger partial charge in [0.2, 0.25) is 0 Å². The molecule has 0 fully saturated rings. The van der Waals surface area contributed by atoms with Gasteiger partial charge in [-0.1, -0.05) is 201 Å². The standard InChI is InChI=1S/C64H38N2.C15H12/c1-2-15-49(16-3-1)65-60-29-25-46(36-57(60)58-34-40-12-4-5-13-41(40)38-62(58)65)45-26-30-61-56(35-45)55-28-24-39-11-6-7-17-51(39)64(55)66(61)50-27-23-42-31-43(21-22-44(42)33-50)48-32-47-14-10-20-54-52-18-8-9-19-53(52)59(37-48)63(47)54;1-10-6-5-9-14-13-8-4-3-7-12(13)11(2)15(10)14/h1-38H;3-9H,2H2,1H3. The van der Waals surface area contributed by atoms with Crippen molar-refractivity contribution in [2.45, 2.75) is 6.92 Å². The van der Waals surface area contributed by atoms with E-state index in [1.165, 1.54) is 170 Å². The molecule has 0 saturated heterocycles. The quantitative estimate of drug-likeness (QED) is 0.166. The molecule has 0 aliphatic heterocycles. The van der Waals surface area contributed by atoms with Crippen LogP contribution >= 0.6 is 0 Å². The van der Waals surface area contributed by atoms with Gasteiger partial charge >= 0.3 is 0 Å². The first-order chi connectivity index (χ1) is 40.0. The molecule has 0 amide bonds. The van der Waals surface area contributed by atoms with Gasteiger partial charge in [0.05, 0.1) is 22.1 Å². The first-order valence-corrected chi connectivity index (χ1v) is 28.1. The fraction of sp³-hybridized carbons (Fsp3) is 0.0127. The van der Waals surface area contributed by atoms with Crippen LogP contribution in [0.1, 0.15) is 16.7 Å². The number of hydrogen-bond donors (Lipinski definition) is 0. The Balaban J connectivity index is 0.000000301. The molecule has 2 heteroatoms. The third-order valence-electron chi connectivity index (χ3n) is 17.6. The van der Waals surface area contributed by atoms with E-state index in [0.29, 0.717) is 0 Å². The van der Waals surface area contributed by atoms with Gasteiger partial charge in [-0.2, -0.15) is 0 Å². The maximum Gasteiger partial charge on any atom is 0.0619 e. The Morgan fingerprint density at radius 1 is 0.272 bits per heavy atom. The van der Waals surface area contributed by atoms with Crippen molar-refractivity contribution in [3.63, 3.8) is 0 Å². The molecular weight excluding hydrogens is 977 g/mol. The fourth-order valence-corrected chi connectivity index (χ4v) is 13.9. The summed E-state index contributed by atoms with van der Waals surface area (Å²) in [5.74, 6) is 0. The Kier molecular flexibility index (Phi) is 9.82. The lowest BCUT2D eigenvalue weighted by molar-refractivity contribution is 1.18. The van der Waals surface area contributed by atoms with E-state index < -0.39 is 0 Å². The smallest absolute Gasteiger partial charge is 0.0619 e. The van der Waals surface area contributed by atoms with Crippen molar-refractivity contribution in [3.8, 4) is 67.0 Å². The molecule has 2 aliphatic carbocycles. The van der Waals surface area contributed by atoms with Crippen molar-refractivity contribution < 1.29 is 0 Å². The second-order valence-electron chi connectivity index (χ2n) is 22.1. The SMILES string of the molecule is C=C1c2ccccc2-c2cccc(C)c21.c1ccc(-n2c3ccc(-c4ccc5c(c4)c4ccc6ccccc6c4n5-c4ccc5cc(-c6cc7c8c(cccc8c6)-c6ccccc6-7)ccc5c4)cc3c3cc4ccccc4cc32)cc1. The number of hydrogen-bond acceptors (Lipinski definition) is 0. The number of para-hydroxylation sites is 1. The Morgan fingerprint density at radius 2 is 0.802 bits per heavy atom. The summed E-state index contributed by atoms with van der Waals surface area (Å²) in [6.45, 7) is 6.35. The zero-order valence-corrected chi connectivity index (χ0v) is 44.6. The number of aromatic nitrogens is 2. The molecule has 18 rings (SSSR count). The number of aryl methyl sites for hydroxylation is 1. The summed E-state index contributed by atoms with van der Waals surface area (Å²) >= 11 is 0. The van der Waals surface area contributed by atoms with E-state index in [0.717, 1.165) is 5.69 Å². The number of rotatable bonds is 4. The number of nitrogens with zero attached hydrogens (tertiary/aromatic N) is 2. The molecule has 2 heterocycles. The van der Waals surface area contributed by atoms with Crippen LogP contribution in [0.3, 0.4) is 0 Å². The molecule has 376 valence electrons. The van der Waals surface area contributed by atoms with E-state index in [2.05, 4.69) is 296 Å². The molecule has 16 aromatic rings. The van der Waals surface area contributed by atoms with E-state index in [1.807, 2.05) is 0 Å². The molecule has 0 saturated carbocycles. The topological polar surface area (TPSA) is 9.86 Å². The summed E-state index contributed by atoms with van der Waals surface area (Å²) in [4.78, 5) is 0. The predicted molar refractivity (Wildman–Crippen MR) is 345 cm³/mol. The number of fused-ring (bicyclic) bond motifs is 16. The summed E-state index contributed by atoms with van der Waals surface area (Å²) < 4.78 is 4.91. The molecule has 0 atom stereocenters. The van der Waals surface area contributed by atoms with Gasteiger partial charge in [0.25, 0.3) is 0 Å². The summed E-state index contributed by atoms with van der Waals surface area (Å²) in [6.07, 6.45) is 0. The van der Waals surface area contributed by atoms with Crippen LogP contribution in [0.4, 0.5) is 0 Å². The van der Waals surface area contributed by atoms with Gasteiger partial charge in [0.1, 0.15) is 0 Å². The van der Waals surface area contributed by atoms with Crippen LogP contribution in [0.15, 0.2) is 280 Å². The highest BCUT2D eigenvalue weighted by atomic mass is 15.0. The molecule has 2 nitrogen and oxygen atoms in total. The average Bonchev–Trinajstić information content (AvgIpc) is 4.04. The zero-order valence-electron chi connectivity index (χ0n) is 44.6. The van der Waals surface area contributed by atoms with Crippen LogP contribution in [0.5, 0.6) is 0 Å². The predicted octanol–water partition coefficient (Wildman–Crippen LogP) is 21.5. The summed E-state index contributed by atoms with van der Waals surface area (Å²) in [6, 6.07) is 101. The highest BCUT2D eigenvalue weighted by molar-refractivity contribution is 6.21. The monoisotopic (exact) mass is 1030 g/mol. The molecule has 14 aromatic carbocycles.